The molecule has 0 heterocycles. The van der Waals surface area contributed by atoms with Gasteiger partial charge in [-0.15, -0.1) is 0 Å². The second kappa shape index (κ2) is 19.3. The fourth-order valence-corrected chi connectivity index (χ4v) is 2.88. The van der Waals surface area contributed by atoms with Crippen molar-refractivity contribution in [2.75, 3.05) is 0 Å². The highest BCUT2D eigenvalue weighted by Crippen LogP contribution is 2.11. The number of unbranched alkanes of at least 4 members (excludes halogenated alkanes) is 14. The van der Waals surface area contributed by atoms with Crippen LogP contribution in [0.4, 0.5) is 0 Å². The summed E-state index contributed by atoms with van der Waals surface area (Å²) in [4.78, 5) is 10.4. The zero-order valence-electron chi connectivity index (χ0n) is 15.5. The van der Waals surface area contributed by atoms with Crippen LogP contribution in [0.3, 0.4) is 0 Å². The summed E-state index contributed by atoms with van der Waals surface area (Å²) < 4.78 is 0. The standard InChI is InChI=1S/C21H40O2/c1-2-3-4-5-6-7-8-9-10-11-12-13-14-15-16-17-18-19-20-21(22)23/h12-13H,2-11,14-20H2,1H3,(H,22,23)/b13-12-. The van der Waals surface area contributed by atoms with Crippen LogP contribution in [0.15, 0.2) is 12.2 Å². The number of carboxylic acid groups (broad SMARTS) is 1. The molecule has 0 aromatic carbocycles. The number of carboxylic acids is 1. The van der Waals surface area contributed by atoms with E-state index >= 15 is 0 Å². The van der Waals surface area contributed by atoms with Gasteiger partial charge >= 0.3 is 5.97 Å². The maximum Gasteiger partial charge on any atom is 0.303 e. The van der Waals surface area contributed by atoms with Crippen LogP contribution in [0.2, 0.25) is 0 Å². The highest BCUT2D eigenvalue weighted by molar-refractivity contribution is 5.66. The van der Waals surface area contributed by atoms with E-state index in [2.05, 4.69) is 19.1 Å². The van der Waals surface area contributed by atoms with E-state index in [1.165, 1.54) is 89.9 Å². The van der Waals surface area contributed by atoms with Crippen molar-refractivity contribution in [1.29, 1.82) is 0 Å². The first-order chi connectivity index (χ1) is 11.3. The van der Waals surface area contributed by atoms with Crippen LogP contribution in [0, 0.1) is 0 Å². The predicted octanol–water partition coefficient (Wildman–Crippen LogP) is 7.28. The van der Waals surface area contributed by atoms with E-state index in [4.69, 9.17) is 5.11 Å². The van der Waals surface area contributed by atoms with Crippen molar-refractivity contribution in [3.8, 4) is 0 Å². The lowest BCUT2D eigenvalue weighted by atomic mass is 10.1. The molecule has 0 aliphatic heterocycles. The first-order valence-electron chi connectivity index (χ1n) is 10.1. The molecule has 1 N–H and O–H groups in total. The van der Waals surface area contributed by atoms with E-state index < -0.39 is 5.97 Å². The van der Waals surface area contributed by atoms with Gasteiger partial charge in [-0.3, -0.25) is 4.79 Å². The van der Waals surface area contributed by atoms with Gasteiger partial charge in [0.1, 0.15) is 0 Å². The minimum absolute atomic E-state index is 0.332. The molecule has 0 saturated carbocycles. The van der Waals surface area contributed by atoms with E-state index in [1.54, 1.807) is 0 Å². The van der Waals surface area contributed by atoms with Crippen molar-refractivity contribution in [1.82, 2.24) is 0 Å². The first-order valence-corrected chi connectivity index (χ1v) is 10.1. The smallest absolute Gasteiger partial charge is 0.303 e. The average molecular weight is 325 g/mol. The molecule has 2 heteroatoms. The molecule has 0 amide bonds. The summed E-state index contributed by atoms with van der Waals surface area (Å²) in [7, 11) is 0. The van der Waals surface area contributed by atoms with Crippen molar-refractivity contribution < 1.29 is 9.90 Å². The Morgan fingerprint density at radius 1 is 0.652 bits per heavy atom. The van der Waals surface area contributed by atoms with Crippen molar-refractivity contribution in [3.63, 3.8) is 0 Å². The normalized spacial score (nSPS) is 11.3. The Hall–Kier alpha value is -0.790. The molecule has 0 aromatic rings. The van der Waals surface area contributed by atoms with Gasteiger partial charge < -0.3 is 5.11 Å². The molecule has 0 spiro atoms. The molecule has 0 unspecified atom stereocenters. The van der Waals surface area contributed by atoms with Crippen LogP contribution in [-0.4, -0.2) is 11.1 Å². The van der Waals surface area contributed by atoms with Crippen LogP contribution in [-0.2, 0) is 4.79 Å². The minimum atomic E-state index is -0.663. The Balaban J connectivity index is 3.07. The SMILES string of the molecule is CCCCCCCCCCC/C=C\CCCCCCCC(=O)O. The molecule has 0 aliphatic carbocycles. The van der Waals surface area contributed by atoms with E-state index in [0.717, 1.165) is 12.8 Å². The number of carbonyl (C=O) groups is 1. The average Bonchev–Trinajstić information content (AvgIpc) is 2.53. The summed E-state index contributed by atoms with van der Waals surface area (Å²) in [6, 6.07) is 0. The number of allylic oxidation sites excluding steroid dienone is 2. The van der Waals surface area contributed by atoms with Crippen LogP contribution < -0.4 is 0 Å². The first kappa shape index (κ1) is 22.2. The molecule has 0 saturated heterocycles. The maximum absolute atomic E-state index is 10.4. The van der Waals surface area contributed by atoms with Gasteiger partial charge in [-0.05, 0) is 32.1 Å². The molecule has 0 aromatic heterocycles. The van der Waals surface area contributed by atoms with Crippen LogP contribution >= 0.6 is 0 Å². The Morgan fingerprint density at radius 2 is 1.04 bits per heavy atom. The van der Waals surface area contributed by atoms with Crippen LogP contribution in [0.25, 0.3) is 0 Å². The van der Waals surface area contributed by atoms with Gasteiger partial charge in [0.05, 0.1) is 0 Å². The summed E-state index contributed by atoms with van der Waals surface area (Å²) in [5.41, 5.74) is 0. The zero-order valence-corrected chi connectivity index (χ0v) is 15.5. The lowest BCUT2D eigenvalue weighted by Crippen LogP contribution is -1.93. The summed E-state index contributed by atoms with van der Waals surface area (Å²) in [5, 5.41) is 8.54. The minimum Gasteiger partial charge on any atom is -0.481 e. The fourth-order valence-electron chi connectivity index (χ4n) is 2.88. The predicted molar refractivity (Wildman–Crippen MR) is 101 cm³/mol. The van der Waals surface area contributed by atoms with Gasteiger partial charge in [-0.25, -0.2) is 0 Å². The summed E-state index contributed by atoms with van der Waals surface area (Å²) >= 11 is 0. The molecule has 23 heavy (non-hydrogen) atoms. The van der Waals surface area contributed by atoms with Crippen molar-refractivity contribution in [3.05, 3.63) is 12.2 Å². The highest BCUT2D eigenvalue weighted by atomic mass is 16.4. The topological polar surface area (TPSA) is 37.3 Å². The third-order valence-electron chi connectivity index (χ3n) is 4.40. The Labute approximate surface area is 144 Å². The van der Waals surface area contributed by atoms with E-state index in [-0.39, 0.29) is 0 Å². The fraction of sp³-hybridized carbons (Fsp3) is 0.857. The number of hydrogen-bond donors (Lipinski definition) is 1. The Morgan fingerprint density at radius 3 is 1.48 bits per heavy atom. The van der Waals surface area contributed by atoms with Crippen molar-refractivity contribution >= 4 is 5.97 Å². The second-order valence-corrected chi connectivity index (χ2v) is 6.79. The van der Waals surface area contributed by atoms with Crippen molar-refractivity contribution in [2.45, 2.75) is 116 Å². The monoisotopic (exact) mass is 324 g/mol. The molecule has 0 bridgehead atoms. The molecule has 2 nitrogen and oxygen atoms in total. The summed E-state index contributed by atoms with van der Waals surface area (Å²) in [5.74, 6) is -0.663. The van der Waals surface area contributed by atoms with Crippen LogP contribution in [0.1, 0.15) is 116 Å². The van der Waals surface area contributed by atoms with Crippen molar-refractivity contribution in [2.24, 2.45) is 0 Å². The molecule has 0 atom stereocenters. The Kier molecular flexibility index (Phi) is 18.6. The van der Waals surface area contributed by atoms with Gasteiger partial charge in [0.15, 0.2) is 0 Å². The zero-order chi connectivity index (χ0) is 17.0. The molecular weight excluding hydrogens is 284 g/mol. The maximum atomic E-state index is 10.4. The van der Waals surface area contributed by atoms with E-state index in [0.29, 0.717) is 6.42 Å². The lowest BCUT2D eigenvalue weighted by Gasteiger charge is -2.00. The molecule has 0 rings (SSSR count). The van der Waals surface area contributed by atoms with Crippen LogP contribution in [0.5, 0.6) is 0 Å². The summed E-state index contributed by atoms with van der Waals surface area (Å²) in [6.45, 7) is 2.27. The number of aliphatic carboxylic acids is 1. The molecular formula is C21H40O2. The second-order valence-electron chi connectivity index (χ2n) is 6.79. The van der Waals surface area contributed by atoms with Gasteiger partial charge in [-0.2, -0.15) is 0 Å². The number of rotatable bonds is 18. The van der Waals surface area contributed by atoms with E-state index in [1.807, 2.05) is 0 Å². The van der Waals surface area contributed by atoms with E-state index in [9.17, 15) is 4.79 Å². The third kappa shape index (κ3) is 21.2. The molecule has 0 aliphatic rings. The Bertz CT molecular complexity index is 271. The highest BCUT2D eigenvalue weighted by Gasteiger charge is 1.96. The quantitative estimate of drug-likeness (QED) is 0.212. The van der Waals surface area contributed by atoms with Gasteiger partial charge in [0, 0.05) is 6.42 Å². The van der Waals surface area contributed by atoms with Gasteiger partial charge in [0.25, 0.3) is 0 Å². The number of hydrogen-bond acceptors (Lipinski definition) is 1. The molecule has 0 fully saturated rings. The van der Waals surface area contributed by atoms with Gasteiger partial charge in [-0.1, -0.05) is 89.7 Å². The molecule has 0 radical (unpaired) electrons. The largest absolute Gasteiger partial charge is 0.481 e. The third-order valence-corrected chi connectivity index (χ3v) is 4.40. The molecule has 136 valence electrons. The lowest BCUT2D eigenvalue weighted by molar-refractivity contribution is -0.137. The van der Waals surface area contributed by atoms with Gasteiger partial charge in [0.2, 0.25) is 0 Å². The summed E-state index contributed by atoms with van der Waals surface area (Å²) in [6.07, 6.45) is 25.7.